The Balaban J connectivity index is 1.10. The Labute approximate surface area is 188 Å². The van der Waals surface area contributed by atoms with Crippen LogP contribution < -0.4 is 4.74 Å². The van der Waals surface area contributed by atoms with Gasteiger partial charge in [0.05, 0.1) is 15.2 Å². The SMILES string of the molecule is Cc1nc2cc(OC[C@H](O)CN3C[CH]N([C@@H]4CCCc5ccccc54)CC3)ccc2s1. The summed E-state index contributed by atoms with van der Waals surface area (Å²) in [4.78, 5) is 9.34. The molecule has 1 N–H and O–H groups in total. The van der Waals surface area contributed by atoms with Crippen molar-refractivity contribution in [1.29, 1.82) is 0 Å². The van der Waals surface area contributed by atoms with Gasteiger partial charge in [-0.25, -0.2) is 4.98 Å². The summed E-state index contributed by atoms with van der Waals surface area (Å²) < 4.78 is 7.02. The zero-order chi connectivity index (χ0) is 21.2. The van der Waals surface area contributed by atoms with Gasteiger partial charge in [0.2, 0.25) is 0 Å². The molecule has 6 heteroatoms. The third-order valence-electron chi connectivity index (χ3n) is 6.36. The number of β-amino-alcohol motifs (C(OH)–C–C–N with tert-alkyl or cyclic N) is 1. The maximum atomic E-state index is 10.5. The van der Waals surface area contributed by atoms with Crippen molar-refractivity contribution in [3.63, 3.8) is 0 Å². The lowest BCUT2D eigenvalue weighted by Gasteiger charge is -2.41. The molecule has 5 rings (SSSR count). The predicted molar refractivity (Wildman–Crippen MR) is 125 cm³/mol. The molecule has 0 saturated carbocycles. The normalized spacial score (nSPS) is 21.2. The molecule has 0 amide bonds. The molecule has 0 spiro atoms. The molecule has 0 bridgehead atoms. The van der Waals surface area contributed by atoms with E-state index in [-0.39, 0.29) is 0 Å². The van der Waals surface area contributed by atoms with Crippen LogP contribution in [0, 0.1) is 13.5 Å². The zero-order valence-electron chi connectivity index (χ0n) is 18.0. The Morgan fingerprint density at radius 3 is 3.00 bits per heavy atom. The van der Waals surface area contributed by atoms with E-state index in [1.807, 2.05) is 25.1 Å². The van der Waals surface area contributed by atoms with Crippen LogP contribution in [-0.4, -0.2) is 58.8 Å². The fraction of sp³-hybridized carbons (Fsp3) is 0.440. The first-order chi connectivity index (χ1) is 15.2. The number of aryl methyl sites for hydroxylation is 2. The van der Waals surface area contributed by atoms with Gasteiger partial charge in [-0.2, -0.15) is 0 Å². The lowest BCUT2D eigenvalue weighted by atomic mass is 9.86. The number of rotatable bonds is 6. The number of aromatic nitrogens is 1. The highest BCUT2D eigenvalue weighted by atomic mass is 32.1. The average molecular weight is 437 g/mol. The highest BCUT2D eigenvalue weighted by Gasteiger charge is 2.29. The highest BCUT2D eigenvalue weighted by Crippen LogP contribution is 2.35. The van der Waals surface area contributed by atoms with Crippen LogP contribution >= 0.6 is 11.3 Å². The molecule has 1 saturated heterocycles. The Bertz CT molecular complexity index is 1030. The van der Waals surface area contributed by atoms with Gasteiger partial charge in [-0.05, 0) is 49.4 Å². The van der Waals surface area contributed by atoms with E-state index in [1.54, 1.807) is 11.3 Å². The van der Waals surface area contributed by atoms with Crippen LogP contribution in [0.5, 0.6) is 5.75 Å². The number of fused-ring (bicyclic) bond motifs is 2. The minimum absolute atomic E-state index is 0.296. The van der Waals surface area contributed by atoms with Gasteiger partial charge in [-0.15, -0.1) is 11.3 Å². The average Bonchev–Trinajstić information content (AvgIpc) is 3.17. The summed E-state index contributed by atoms with van der Waals surface area (Å²) in [5, 5.41) is 11.6. The standard InChI is InChI=1S/C25H30N3O2S/c1-18-26-23-15-21(9-10-25(23)31-18)30-17-20(29)16-27-11-13-28(14-12-27)24-8-4-6-19-5-2-3-7-22(19)24/h2-3,5,7,9-10,13,15,20,24,29H,4,6,8,11-12,14,16-17H2,1H3/t20-,24-/m1/s1. The van der Waals surface area contributed by atoms with Crippen LogP contribution in [0.3, 0.4) is 0 Å². The van der Waals surface area contributed by atoms with Gasteiger partial charge in [0.15, 0.2) is 0 Å². The van der Waals surface area contributed by atoms with Crippen LogP contribution in [0.1, 0.15) is 35.0 Å². The highest BCUT2D eigenvalue weighted by molar-refractivity contribution is 7.18. The van der Waals surface area contributed by atoms with Gasteiger partial charge < -0.3 is 9.84 Å². The van der Waals surface area contributed by atoms with E-state index in [9.17, 15) is 5.11 Å². The van der Waals surface area contributed by atoms with E-state index in [0.717, 1.165) is 35.9 Å². The number of aliphatic hydroxyl groups is 1. The molecule has 2 aromatic carbocycles. The number of thiazole rings is 1. The van der Waals surface area contributed by atoms with Gasteiger partial charge in [0.25, 0.3) is 0 Å². The first-order valence-corrected chi connectivity index (χ1v) is 12.0. The zero-order valence-corrected chi connectivity index (χ0v) is 18.9. The van der Waals surface area contributed by atoms with Crippen LogP contribution in [0.4, 0.5) is 0 Å². The first-order valence-electron chi connectivity index (χ1n) is 11.2. The number of benzene rings is 2. The Hall–Kier alpha value is -1.99. The third kappa shape index (κ3) is 4.77. The number of piperazine rings is 1. The topological polar surface area (TPSA) is 48.8 Å². The smallest absolute Gasteiger partial charge is 0.121 e. The van der Waals surface area contributed by atoms with Crippen LogP contribution in [0.2, 0.25) is 0 Å². The summed E-state index contributed by atoms with van der Waals surface area (Å²) in [5.74, 6) is 0.768. The summed E-state index contributed by atoms with van der Waals surface area (Å²) in [6, 6.07) is 15.4. The number of aliphatic hydroxyl groups excluding tert-OH is 1. The van der Waals surface area contributed by atoms with Crippen molar-refractivity contribution in [1.82, 2.24) is 14.8 Å². The van der Waals surface area contributed by atoms with Gasteiger partial charge in [0, 0.05) is 44.8 Å². The van der Waals surface area contributed by atoms with Crippen molar-refractivity contribution in [2.24, 2.45) is 0 Å². The summed E-state index contributed by atoms with van der Waals surface area (Å²) >= 11 is 1.68. The van der Waals surface area contributed by atoms with E-state index in [2.05, 4.69) is 45.6 Å². The molecule has 5 nitrogen and oxygen atoms in total. The van der Waals surface area contributed by atoms with Gasteiger partial charge in [-0.1, -0.05) is 24.3 Å². The molecule has 2 heterocycles. The molecular weight excluding hydrogens is 406 g/mol. The first kappa shape index (κ1) is 20.9. The number of ether oxygens (including phenoxy) is 1. The summed E-state index contributed by atoms with van der Waals surface area (Å²) in [5.41, 5.74) is 3.97. The van der Waals surface area contributed by atoms with E-state index in [1.165, 1.54) is 35.1 Å². The minimum atomic E-state index is -0.511. The molecule has 3 aromatic rings. The minimum Gasteiger partial charge on any atom is -0.491 e. The molecule has 1 aliphatic heterocycles. The third-order valence-corrected chi connectivity index (χ3v) is 7.32. The van der Waals surface area contributed by atoms with E-state index in [0.29, 0.717) is 19.2 Å². The largest absolute Gasteiger partial charge is 0.491 e. The van der Waals surface area contributed by atoms with Crippen molar-refractivity contribution in [2.45, 2.75) is 38.3 Å². The van der Waals surface area contributed by atoms with E-state index < -0.39 is 6.10 Å². The number of hydrogen-bond donors (Lipinski definition) is 1. The Morgan fingerprint density at radius 2 is 2.13 bits per heavy atom. The summed E-state index contributed by atoms with van der Waals surface area (Å²) in [6.45, 7) is 8.11. The van der Waals surface area contributed by atoms with Crippen LogP contribution in [-0.2, 0) is 6.42 Å². The van der Waals surface area contributed by atoms with Crippen molar-refractivity contribution < 1.29 is 9.84 Å². The predicted octanol–water partition coefficient (Wildman–Crippen LogP) is 4.20. The van der Waals surface area contributed by atoms with Gasteiger partial charge in [-0.3, -0.25) is 9.80 Å². The number of nitrogens with zero attached hydrogens (tertiary/aromatic N) is 3. The maximum Gasteiger partial charge on any atom is 0.121 e. The molecule has 1 aromatic heterocycles. The summed E-state index contributed by atoms with van der Waals surface area (Å²) in [6.07, 6.45) is 3.18. The lowest BCUT2D eigenvalue weighted by molar-refractivity contribution is 0.0481. The Morgan fingerprint density at radius 1 is 1.23 bits per heavy atom. The molecule has 163 valence electrons. The fourth-order valence-corrected chi connectivity index (χ4v) is 5.64. The second kappa shape index (κ2) is 9.25. The molecule has 2 aliphatic rings. The quantitative estimate of drug-likeness (QED) is 0.628. The molecule has 1 fully saturated rings. The molecular formula is C25H30N3O2S. The summed E-state index contributed by atoms with van der Waals surface area (Å²) in [7, 11) is 0. The van der Waals surface area contributed by atoms with Crippen LogP contribution in [0.25, 0.3) is 10.2 Å². The maximum absolute atomic E-state index is 10.5. The van der Waals surface area contributed by atoms with Crippen molar-refractivity contribution in [3.05, 3.63) is 65.1 Å². The van der Waals surface area contributed by atoms with Crippen molar-refractivity contribution in [2.75, 3.05) is 32.8 Å². The monoisotopic (exact) mass is 436 g/mol. The van der Waals surface area contributed by atoms with E-state index in [4.69, 9.17) is 4.74 Å². The van der Waals surface area contributed by atoms with Gasteiger partial charge >= 0.3 is 0 Å². The molecule has 2 atom stereocenters. The molecule has 1 radical (unpaired) electrons. The molecule has 31 heavy (non-hydrogen) atoms. The van der Waals surface area contributed by atoms with Gasteiger partial charge in [0.1, 0.15) is 18.5 Å². The second-order valence-electron chi connectivity index (χ2n) is 8.61. The van der Waals surface area contributed by atoms with E-state index >= 15 is 0 Å². The number of hydrogen-bond acceptors (Lipinski definition) is 6. The molecule has 0 unspecified atom stereocenters. The lowest BCUT2D eigenvalue weighted by Crippen LogP contribution is -2.48. The van der Waals surface area contributed by atoms with Crippen LogP contribution in [0.15, 0.2) is 42.5 Å². The molecule has 1 aliphatic carbocycles. The Kier molecular flexibility index (Phi) is 6.23. The van der Waals surface area contributed by atoms with Crippen molar-refractivity contribution in [3.8, 4) is 5.75 Å². The fourth-order valence-electron chi connectivity index (χ4n) is 4.84. The van der Waals surface area contributed by atoms with Crippen molar-refractivity contribution >= 4 is 21.6 Å². The second-order valence-corrected chi connectivity index (χ2v) is 9.85.